The Balaban J connectivity index is 1.51. The van der Waals surface area contributed by atoms with Crippen LogP contribution in [0.2, 0.25) is 0 Å². The van der Waals surface area contributed by atoms with Crippen molar-refractivity contribution in [3.8, 4) is 11.5 Å². The maximum Gasteiger partial charge on any atom is 0.274 e. The largest absolute Gasteiger partial charge is 0.460 e. The second-order valence-electron chi connectivity index (χ2n) is 6.10. The molecular weight excluding hydrogens is 306 g/mol. The van der Waals surface area contributed by atoms with Gasteiger partial charge in [-0.1, -0.05) is 0 Å². The summed E-state index contributed by atoms with van der Waals surface area (Å²) in [6.45, 7) is 3.36. The maximum absolute atomic E-state index is 12.8. The molecule has 1 atom stereocenters. The van der Waals surface area contributed by atoms with Crippen LogP contribution >= 0.6 is 0 Å². The SMILES string of the molecule is Cc1ccc(-c2cc(C(=O)N3CCC[C@H]3Cn3cccn3)n[nH]2)o1. The van der Waals surface area contributed by atoms with E-state index in [4.69, 9.17) is 4.42 Å². The molecule has 4 rings (SSSR count). The summed E-state index contributed by atoms with van der Waals surface area (Å²) in [6.07, 6.45) is 5.67. The molecule has 3 aromatic heterocycles. The van der Waals surface area contributed by atoms with Crippen molar-refractivity contribution in [2.45, 2.75) is 32.4 Å². The van der Waals surface area contributed by atoms with Gasteiger partial charge in [0.05, 0.1) is 12.6 Å². The summed E-state index contributed by atoms with van der Waals surface area (Å²) in [4.78, 5) is 14.7. The van der Waals surface area contributed by atoms with E-state index in [0.717, 1.165) is 25.1 Å². The summed E-state index contributed by atoms with van der Waals surface area (Å²) in [5.41, 5.74) is 1.14. The van der Waals surface area contributed by atoms with Gasteiger partial charge in [0.25, 0.3) is 5.91 Å². The number of carbonyl (C=O) groups excluding carboxylic acids is 1. The van der Waals surface area contributed by atoms with Gasteiger partial charge in [0.1, 0.15) is 11.5 Å². The first-order valence-corrected chi connectivity index (χ1v) is 8.11. The first-order valence-electron chi connectivity index (χ1n) is 8.11. The Bertz CT molecular complexity index is 833. The molecule has 0 saturated carbocycles. The molecule has 0 aromatic carbocycles. The Morgan fingerprint density at radius 2 is 2.38 bits per heavy atom. The van der Waals surface area contributed by atoms with Crippen LogP contribution in [0, 0.1) is 6.92 Å². The van der Waals surface area contributed by atoms with Gasteiger partial charge in [-0.2, -0.15) is 10.2 Å². The van der Waals surface area contributed by atoms with Crippen LogP contribution in [0.15, 0.2) is 41.1 Å². The molecule has 0 spiro atoms. The third-order valence-corrected chi connectivity index (χ3v) is 4.40. The Hall–Kier alpha value is -2.83. The minimum atomic E-state index is -0.0459. The zero-order chi connectivity index (χ0) is 16.5. The van der Waals surface area contributed by atoms with Crippen molar-refractivity contribution in [1.29, 1.82) is 0 Å². The molecule has 0 bridgehead atoms. The first kappa shape index (κ1) is 14.7. The Labute approximate surface area is 139 Å². The number of aromatic amines is 1. The molecule has 24 heavy (non-hydrogen) atoms. The molecule has 0 aliphatic carbocycles. The molecule has 1 amide bonds. The number of amides is 1. The molecule has 1 aliphatic heterocycles. The Morgan fingerprint density at radius 3 is 3.12 bits per heavy atom. The van der Waals surface area contributed by atoms with E-state index in [1.807, 2.05) is 40.9 Å². The zero-order valence-corrected chi connectivity index (χ0v) is 13.5. The Kier molecular flexibility index (Phi) is 3.68. The standard InChI is InChI=1S/C17H19N5O2/c1-12-5-6-16(24-12)14-10-15(20-19-14)17(23)22-9-2-4-13(22)11-21-8-3-7-18-21/h3,5-8,10,13H,2,4,9,11H2,1H3,(H,19,20)/t13-/m0/s1. The average Bonchev–Trinajstić information content (AvgIpc) is 3.35. The van der Waals surface area contributed by atoms with Crippen LogP contribution in [-0.4, -0.2) is 43.4 Å². The number of hydrogen-bond acceptors (Lipinski definition) is 4. The van der Waals surface area contributed by atoms with Crippen LogP contribution in [0.3, 0.4) is 0 Å². The minimum absolute atomic E-state index is 0.0459. The second kappa shape index (κ2) is 5.99. The molecule has 1 saturated heterocycles. The van der Waals surface area contributed by atoms with Crippen molar-refractivity contribution in [3.63, 3.8) is 0 Å². The minimum Gasteiger partial charge on any atom is -0.460 e. The van der Waals surface area contributed by atoms with Gasteiger partial charge < -0.3 is 9.32 Å². The van der Waals surface area contributed by atoms with E-state index in [0.29, 0.717) is 23.7 Å². The molecule has 4 heterocycles. The highest BCUT2D eigenvalue weighted by Gasteiger charge is 2.31. The number of carbonyl (C=O) groups is 1. The van der Waals surface area contributed by atoms with Gasteiger partial charge in [0.2, 0.25) is 0 Å². The number of nitrogens with one attached hydrogen (secondary N) is 1. The van der Waals surface area contributed by atoms with E-state index in [9.17, 15) is 4.79 Å². The predicted molar refractivity (Wildman–Crippen MR) is 87.3 cm³/mol. The van der Waals surface area contributed by atoms with Crippen LogP contribution in [0.5, 0.6) is 0 Å². The van der Waals surface area contributed by atoms with Gasteiger partial charge in [-0.05, 0) is 38.0 Å². The van der Waals surface area contributed by atoms with Crippen LogP contribution in [0.1, 0.15) is 29.1 Å². The third-order valence-electron chi connectivity index (χ3n) is 4.40. The number of H-pyrrole nitrogens is 1. The lowest BCUT2D eigenvalue weighted by Crippen LogP contribution is -2.38. The lowest BCUT2D eigenvalue weighted by molar-refractivity contribution is 0.0715. The van der Waals surface area contributed by atoms with Gasteiger partial charge in [-0.15, -0.1) is 0 Å². The normalized spacial score (nSPS) is 17.5. The molecular formula is C17H19N5O2. The molecule has 1 N–H and O–H groups in total. The number of nitrogens with zero attached hydrogens (tertiary/aromatic N) is 4. The number of likely N-dealkylation sites (tertiary alicyclic amines) is 1. The highest BCUT2D eigenvalue weighted by molar-refractivity contribution is 5.93. The number of aryl methyl sites for hydroxylation is 1. The van der Waals surface area contributed by atoms with Crippen molar-refractivity contribution in [2.75, 3.05) is 6.54 Å². The molecule has 1 aliphatic rings. The summed E-state index contributed by atoms with van der Waals surface area (Å²) >= 11 is 0. The summed E-state index contributed by atoms with van der Waals surface area (Å²) in [5.74, 6) is 1.47. The fraction of sp³-hybridized carbons (Fsp3) is 0.353. The van der Waals surface area contributed by atoms with Crippen LogP contribution < -0.4 is 0 Å². The second-order valence-corrected chi connectivity index (χ2v) is 6.10. The van der Waals surface area contributed by atoms with Crippen molar-refractivity contribution in [1.82, 2.24) is 24.9 Å². The molecule has 7 nitrogen and oxygen atoms in total. The Morgan fingerprint density at radius 1 is 1.46 bits per heavy atom. The van der Waals surface area contributed by atoms with E-state index in [1.165, 1.54) is 0 Å². The van der Waals surface area contributed by atoms with E-state index < -0.39 is 0 Å². The lowest BCUT2D eigenvalue weighted by atomic mass is 10.2. The highest BCUT2D eigenvalue weighted by Crippen LogP contribution is 2.24. The summed E-state index contributed by atoms with van der Waals surface area (Å²) in [7, 11) is 0. The smallest absolute Gasteiger partial charge is 0.274 e. The maximum atomic E-state index is 12.8. The third kappa shape index (κ3) is 2.73. The van der Waals surface area contributed by atoms with Crippen LogP contribution in [0.4, 0.5) is 0 Å². The van der Waals surface area contributed by atoms with Crippen molar-refractivity contribution >= 4 is 5.91 Å². The fourth-order valence-corrected chi connectivity index (χ4v) is 3.20. The zero-order valence-electron chi connectivity index (χ0n) is 13.5. The summed E-state index contributed by atoms with van der Waals surface area (Å²) < 4.78 is 7.44. The summed E-state index contributed by atoms with van der Waals surface area (Å²) in [5, 5.41) is 11.3. The first-order chi connectivity index (χ1) is 11.7. The molecule has 124 valence electrons. The van der Waals surface area contributed by atoms with Crippen molar-refractivity contribution in [3.05, 3.63) is 48.1 Å². The van der Waals surface area contributed by atoms with E-state index >= 15 is 0 Å². The summed E-state index contributed by atoms with van der Waals surface area (Å²) in [6, 6.07) is 7.56. The van der Waals surface area contributed by atoms with Gasteiger partial charge in [0, 0.05) is 25.0 Å². The monoisotopic (exact) mass is 325 g/mol. The number of rotatable bonds is 4. The lowest BCUT2D eigenvalue weighted by Gasteiger charge is -2.23. The number of furan rings is 1. The van der Waals surface area contributed by atoms with Crippen LogP contribution in [0.25, 0.3) is 11.5 Å². The van der Waals surface area contributed by atoms with Gasteiger partial charge in [0.15, 0.2) is 11.5 Å². The molecule has 0 unspecified atom stereocenters. The van der Waals surface area contributed by atoms with Gasteiger partial charge >= 0.3 is 0 Å². The fourth-order valence-electron chi connectivity index (χ4n) is 3.20. The molecule has 3 aromatic rings. The molecule has 7 heteroatoms. The van der Waals surface area contributed by atoms with E-state index in [1.54, 1.807) is 12.3 Å². The number of aromatic nitrogens is 4. The molecule has 0 radical (unpaired) electrons. The van der Waals surface area contributed by atoms with Crippen molar-refractivity contribution in [2.24, 2.45) is 0 Å². The topological polar surface area (TPSA) is 80.0 Å². The number of hydrogen-bond donors (Lipinski definition) is 1. The van der Waals surface area contributed by atoms with Crippen LogP contribution in [-0.2, 0) is 6.54 Å². The predicted octanol–water partition coefficient (Wildman–Crippen LogP) is 2.48. The van der Waals surface area contributed by atoms with Gasteiger partial charge in [-0.25, -0.2) is 0 Å². The van der Waals surface area contributed by atoms with E-state index in [-0.39, 0.29) is 11.9 Å². The van der Waals surface area contributed by atoms with Gasteiger partial charge in [-0.3, -0.25) is 14.6 Å². The van der Waals surface area contributed by atoms with Crippen molar-refractivity contribution < 1.29 is 9.21 Å². The quantitative estimate of drug-likeness (QED) is 0.799. The average molecular weight is 325 g/mol. The highest BCUT2D eigenvalue weighted by atomic mass is 16.3. The van der Waals surface area contributed by atoms with E-state index in [2.05, 4.69) is 15.3 Å². The molecule has 1 fully saturated rings.